The predicted molar refractivity (Wildman–Crippen MR) is 105 cm³/mol. The molecule has 1 N–H and O–H groups in total. The Balaban J connectivity index is 1.65. The standard InChI is InChI=1S/C19H19N3O6S/c1-3-27-15-6-4-13(5-7-15)18-21-22-19(28-18)20-17(23)12-29(24,25)16-10-8-14(26-2)9-11-16/h4-11H,3,12H2,1-2H3,(H,20,22,23). The fourth-order valence-electron chi connectivity index (χ4n) is 2.45. The number of carbonyl (C=O) groups excluding carboxylic acids is 1. The Morgan fingerprint density at radius 2 is 1.69 bits per heavy atom. The molecule has 2 aromatic carbocycles. The van der Waals surface area contributed by atoms with E-state index in [0.717, 1.165) is 0 Å². The van der Waals surface area contributed by atoms with E-state index in [4.69, 9.17) is 13.9 Å². The fourth-order valence-corrected chi connectivity index (χ4v) is 3.58. The molecule has 29 heavy (non-hydrogen) atoms. The van der Waals surface area contributed by atoms with Crippen LogP contribution in [0, 0.1) is 0 Å². The highest BCUT2D eigenvalue weighted by atomic mass is 32.2. The van der Waals surface area contributed by atoms with E-state index in [1.54, 1.807) is 24.3 Å². The van der Waals surface area contributed by atoms with E-state index in [1.807, 2.05) is 6.92 Å². The molecule has 1 heterocycles. The Labute approximate surface area is 167 Å². The smallest absolute Gasteiger partial charge is 0.322 e. The lowest BCUT2D eigenvalue weighted by Crippen LogP contribution is -2.23. The number of hydrogen-bond donors (Lipinski definition) is 1. The van der Waals surface area contributed by atoms with Gasteiger partial charge in [-0.3, -0.25) is 10.1 Å². The molecule has 0 bridgehead atoms. The number of hydrogen-bond acceptors (Lipinski definition) is 8. The minimum atomic E-state index is -3.83. The quantitative estimate of drug-likeness (QED) is 0.594. The van der Waals surface area contributed by atoms with Gasteiger partial charge in [-0.05, 0) is 55.5 Å². The van der Waals surface area contributed by atoms with Gasteiger partial charge in [0, 0.05) is 5.56 Å². The van der Waals surface area contributed by atoms with E-state index in [-0.39, 0.29) is 16.8 Å². The highest BCUT2D eigenvalue weighted by molar-refractivity contribution is 7.92. The predicted octanol–water partition coefficient (Wildman–Crippen LogP) is 2.56. The average Bonchev–Trinajstić information content (AvgIpc) is 3.16. The number of aromatic nitrogens is 2. The Hall–Kier alpha value is -3.40. The maximum absolute atomic E-state index is 12.4. The van der Waals surface area contributed by atoms with Crippen LogP contribution in [0.1, 0.15) is 6.92 Å². The van der Waals surface area contributed by atoms with Crippen molar-refractivity contribution in [2.75, 3.05) is 24.8 Å². The summed E-state index contributed by atoms with van der Waals surface area (Å²) in [6.45, 7) is 2.44. The monoisotopic (exact) mass is 417 g/mol. The molecule has 0 aliphatic heterocycles. The number of amides is 1. The normalized spacial score (nSPS) is 11.1. The Kier molecular flexibility index (Phi) is 6.13. The zero-order chi connectivity index (χ0) is 20.9. The lowest BCUT2D eigenvalue weighted by molar-refractivity contribution is -0.114. The van der Waals surface area contributed by atoms with Gasteiger partial charge in [0.25, 0.3) is 0 Å². The van der Waals surface area contributed by atoms with Crippen molar-refractivity contribution in [2.24, 2.45) is 0 Å². The first-order valence-corrected chi connectivity index (χ1v) is 10.3. The maximum Gasteiger partial charge on any atom is 0.322 e. The minimum absolute atomic E-state index is 0.00839. The van der Waals surface area contributed by atoms with Gasteiger partial charge in [-0.1, -0.05) is 5.10 Å². The minimum Gasteiger partial charge on any atom is -0.497 e. The van der Waals surface area contributed by atoms with Crippen molar-refractivity contribution in [2.45, 2.75) is 11.8 Å². The molecule has 0 fully saturated rings. The van der Waals surface area contributed by atoms with Crippen LogP contribution in [0.25, 0.3) is 11.5 Å². The van der Waals surface area contributed by atoms with Gasteiger partial charge in [-0.25, -0.2) is 8.42 Å². The van der Waals surface area contributed by atoms with Crippen molar-refractivity contribution in [1.29, 1.82) is 0 Å². The largest absolute Gasteiger partial charge is 0.497 e. The second kappa shape index (κ2) is 8.74. The molecule has 10 heteroatoms. The molecule has 0 unspecified atom stereocenters. The highest BCUT2D eigenvalue weighted by Gasteiger charge is 2.21. The second-order valence-electron chi connectivity index (χ2n) is 5.85. The van der Waals surface area contributed by atoms with Crippen LogP contribution in [0.15, 0.2) is 57.8 Å². The van der Waals surface area contributed by atoms with Gasteiger partial charge >= 0.3 is 6.01 Å². The summed E-state index contributed by atoms with van der Waals surface area (Å²) in [6, 6.07) is 12.5. The Morgan fingerprint density at radius 1 is 1.03 bits per heavy atom. The first-order chi connectivity index (χ1) is 13.9. The van der Waals surface area contributed by atoms with E-state index in [9.17, 15) is 13.2 Å². The van der Waals surface area contributed by atoms with Crippen molar-refractivity contribution in [1.82, 2.24) is 10.2 Å². The molecule has 0 spiro atoms. The van der Waals surface area contributed by atoms with Crippen LogP contribution in [0.2, 0.25) is 0 Å². The van der Waals surface area contributed by atoms with Crippen LogP contribution in [-0.4, -0.2) is 44.0 Å². The fraction of sp³-hybridized carbons (Fsp3) is 0.211. The number of methoxy groups -OCH3 is 1. The lowest BCUT2D eigenvalue weighted by atomic mass is 10.2. The van der Waals surface area contributed by atoms with Crippen LogP contribution in [0.4, 0.5) is 6.01 Å². The molecule has 9 nitrogen and oxygen atoms in total. The summed E-state index contributed by atoms with van der Waals surface area (Å²) in [5.74, 6) is -0.154. The Morgan fingerprint density at radius 3 is 2.31 bits per heavy atom. The van der Waals surface area contributed by atoms with Gasteiger partial charge in [0.1, 0.15) is 17.3 Å². The van der Waals surface area contributed by atoms with Gasteiger partial charge in [-0.15, -0.1) is 5.10 Å². The van der Waals surface area contributed by atoms with Gasteiger partial charge in [-0.2, -0.15) is 0 Å². The van der Waals surface area contributed by atoms with Gasteiger partial charge in [0.2, 0.25) is 11.8 Å². The van der Waals surface area contributed by atoms with Crippen molar-refractivity contribution >= 4 is 21.8 Å². The SMILES string of the molecule is CCOc1ccc(-c2nnc(NC(=O)CS(=O)(=O)c3ccc(OC)cc3)o2)cc1. The molecule has 152 valence electrons. The molecule has 0 radical (unpaired) electrons. The first-order valence-electron chi connectivity index (χ1n) is 8.64. The number of benzene rings is 2. The van der Waals surface area contributed by atoms with Crippen molar-refractivity contribution in [3.05, 3.63) is 48.5 Å². The van der Waals surface area contributed by atoms with Crippen LogP contribution in [0.3, 0.4) is 0 Å². The van der Waals surface area contributed by atoms with Crippen LogP contribution in [-0.2, 0) is 14.6 Å². The third-order valence-electron chi connectivity index (χ3n) is 3.82. The molecule has 0 atom stereocenters. The average molecular weight is 417 g/mol. The number of nitrogens with one attached hydrogen (secondary N) is 1. The van der Waals surface area contributed by atoms with Crippen molar-refractivity contribution < 1.29 is 27.1 Å². The van der Waals surface area contributed by atoms with Crippen LogP contribution in [0.5, 0.6) is 11.5 Å². The number of sulfone groups is 1. The number of ether oxygens (including phenoxy) is 2. The second-order valence-corrected chi connectivity index (χ2v) is 7.84. The van der Waals surface area contributed by atoms with Gasteiger partial charge < -0.3 is 13.9 Å². The van der Waals surface area contributed by atoms with E-state index in [0.29, 0.717) is 23.7 Å². The molecule has 0 saturated carbocycles. The summed E-state index contributed by atoms with van der Waals surface area (Å²) in [6.07, 6.45) is 0. The van der Waals surface area contributed by atoms with Crippen molar-refractivity contribution in [3.63, 3.8) is 0 Å². The topological polar surface area (TPSA) is 121 Å². The summed E-state index contributed by atoms with van der Waals surface area (Å²) >= 11 is 0. The molecular weight excluding hydrogens is 398 g/mol. The number of nitrogens with zero attached hydrogens (tertiary/aromatic N) is 2. The molecule has 1 amide bonds. The molecule has 0 aliphatic rings. The summed E-state index contributed by atoms with van der Waals surface area (Å²) in [7, 11) is -2.36. The van der Waals surface area contributed by atoms with E-state index < -0.39 is 21.5 Å². The molecule has 0 aliphatic carbocycles. The summed E-state index contributed by atoms with van der Waals surface area (Å²) in [5, 5.41) is 9.88. The van der Waals surface area contributed by atoms with Crippen molar-refractivity contribution in [3.8, 4) is 23.0 Å². The van der Waals surface area contributed by atoms with Gasteiger partial charge in [0.15, 0.2) is 9.84 Å². The zero-order valence-corrected chi connectivity index (χ0v) is 16.6. The lowest BCUT2D eigenvalue weighted by Gasteiger charge is -2.05. The summed E-state index contributed by atoms with van der Waals surface area (Å²) in [4.78, 5) is 12.1. The van der Waals surface area contributed by atoms with Crippen LogP contribution >= 0.6 is 0 Å². The number of anilines is 1. The number of rotatable bonds is 8. The molecule has 3 rings (SSSR count). The third-order valence-corrected chi connectivity index (χ3v) is 5.46. The zero-order valence-electron chi connectivity index (χ0n) is 15.8. The molecule has 0 saturated heterocycles. The molecule has 3 aromatic rings. The molecule has 1 aromatic heterocycles. The highest BCUT2D eigenvalue weighted by Crippen LogP contribution is 2.23. The summed E-state index contributed by atoms with van der Waals surface area (Å²) < 4.78 is 40.5. The van der Waals surface area contributed by atoms with E-state index in [2.05, 4.69) is 15.5 Å². The van der Waals surface area contributed by atoms with Gasteiger partial charge in [0.05, 0.1) is 18.6 Å². The molecular formula is C19H19N3O6S. The van der Waals surface area contributed by atoms with Crippen LogP contribution < -0.4 is 14.8 Å². The Bertz CT molecular complexity index is 1080. The van der Waals surface area contributed by atoms with E-state index in [1.165, 1.54) is 31.4 Å². The third kappa shape index (κ3) is 5.11. The summed E-state index contributed by atoms with van der Waals surface area (Å²) in [5.41, 5.74) is 0.632. The first kappa shape index (κ1) is 20.3. The van der Waals surface area contributed by atoms with E-state index >= 15 is 0 Å². The maximum atomic E-state index is 12.4. The number of carbonyl (C=O) groups is 1.